The van der Waals surface area contributed by atoms with Crippen LogP contribution in [0.2, 0.25) is 0 Å². The first-order valence-corrected chi connectivity index (χ1v) is 42.3. The van der Waals surface area contributed by atoms with Crippen LogP contribution in [0, 0.1) is 60.8 Å². The average Bonchev–Trinajstić information content (AvgIpc) is 1.58. The Bertz CT molecular complexity index is 4490. The zero-order valence-electron chi connectivity index (χ0n) is 58.4. The van der Waals surface area contributed by atoms with Crippen LogP contribution in [0.4, 0.5) is 17.6 Å². The Labute approximate surface area is 626 Å². The summed E-state index contributed by atoms with van der Waals surface area (Å²) in [6.07, 6.45) is 2.95. The van der Waals surface area contributed by atoms with E-state index in [2.05, 4.69) is 184 Å². The van der Waals surface area contributed by atoms with Crippen molar-refractivity contribution in [1.29, 1.82) is 0 Å². The van der Waals surface area contributed by atoms with Gasteiger partial charge in [0.15, 0.2) is 0 Å². The van der Waals surface area contributed by atoms with Crippen LogP contribution >= 0.6 is 145 Å². The van der Waals surface area contributed by atoms with Crippen LogP contribution < -0.4 is 0 Å². The second-order valence-electron chi connectivity index (χ2n) is 27.9. The molecular weight excluding hydrogens is 1550 g/mol. The molecule has 0 amide bonds. The van der Waals surface area contributed by atoms with Crippen LogP contribution in [0.3, 0.4) is 0 Å². The van der Waals surface area contributed by atoms with E-state index in [-0.39, 0.29) is 46.0 Å². The Balaban J connectivity index is 0.000000181. The van der Waals surface area contributed by atoms with Crippen molar-refractivity contribution in [1.82, 2.24) is 0 Å². The van der Waals surface area contributed by atoms with Gasteiger partial charge in [-0.1, -0.05) is 96.9 Å². The topological polar surface area (TPSA) is 52.6 Å². The molecule has 2 aromatic carbocycles. The van der Waals surface area contributed by atoms with Gasteiger partial charge in [-0.05, 0) is 186 Å². The number of esters is 2. The van der Waals surface area contributed by atoms with Crippen LogP contribution in [-0.2, 0) is 50.8 Å². The molecule has 0 bridgehead atoms. The van der Waals surface area contributed by atoms with Crippen molar-refractivity contribution in [2.45, 2.75) is 168 Å². The summed E-state index contributed by atoms with van der Waals surface area (Å²) in [7, 11) is 0. The van der Waals surface area contributed by atoms with Gasteiger partial charge in [-0.3, -0.25) is 4.79 Å². The molecule has 0 N–H and O–H groups in total. The summed E-state index contributed by atoms with van der Waals surface area (Å²) < 4.78 is 76.7. The van der Waals surface area contributed by atoms with Crippen LogP contribution in [0.1, 0.15) is 167 Å². The van der Waals surface area contributed by atoms with E-state index in [1.54, 1.807) is 124 Å². The molecule has 12 aromatic rings. The third kappa shape index (κ3) is 18.1. The highest BCUT2D eigenvalue weighted by atomic mass is 79.9. The summed E-state index contributed by atoms with van der Waals surface area (Å²) in [5, 5.41) is 4.61. The molecule has 10 aromatic heterocycles. The molecule has 12 rings (SSSR count). The summed E-state index contributed by atoms with van der Waals surface area (Å²) in [4.78, 5) is 35.8. The normalized spacial score (nSPS) is 12.1. The number of ether oxygens (including phenoxy) is 2. The molecule has 0 atom stereocenters. The molecule has 0 spiro atoms. The predicted octanol–water partition coefficient (Wildman–Crippen LogP) is 29.5. The van der Waals surface area contributed by atoms with E-state index in [0.29, 0.717) is 42.4 Å². The zero-order chi connectivity index (χ0) is 71.0. The van der Waals surface area contributed by atoms with Crippen molar-refractivity contribution < 1.29 is 36.6 Å². The summed E-state index contributed by atoms with van der Waals surface area (Å²) in [5.74, 6) is 0.648. The molecule has 0 fully saturated rings. The van der Waals surface area contributed by atoms with Crippen LogP contribution in [0.5, 0.6) is 0 Å². The Morgan fingerprint density at radius 1 is 0.423 bits per heavy atom. The molecular formula is C77H84Br2F4O4S10. The highest BCUT2D eigenvalue weighted by Gasteiger charge is 2.31. The monoisotopic (exact) mass is 1630 g/mol. The Morgan fingerprint density at radius 3 is 1.09 bits per heavy atom. The molecule has 10 heterocycles. The number of carbonyl (C=O) groups is 2. The average molecular weight is 1630 g/mol. The molecule has 0 unspecified atom stereocenters. The highest BCUT2D eigenvalue weighted by Crippen LogP contribution is 2.57. The van der Waals surface area contributed by atoms with E-state index in [1.165, 1.54) is 61.6 Å². The molecule has 97 heavy (non-hydrogen) atoms. The van der Waals surface area contributed by atoms with E-state index < -0.39 is 0 Å². The van der Waals surface area contributed by atoms with Crippen molar-refractivity contribution in [3.63, 3.8) is 0 Å². The molecule has 0 aliphatic rings. The molecule has 0 saturated carbocycles. The van der Waals surface area contributed by atoms with E-state index in [4.69, 9.17) is 4.74 Å². The van der Waals surface area contributed by atoms with Crippen LogP contribution in [0.15, 0.2) is 74.3 Å². The first-order valence-electron chi connectivity index (χ1n) is 32.5. The Kier molecular flexibility index (Phi) is 25.6. The fraction of sp³-hybridized carbons (Fsp3) is 0.403. The quantitative estimate of drug-likeness (QED) is 0.0715. The maximum Gasteiger partial charge on any atom is 0.340 e. The van der Waals surface area contributed by atoms with Gasteiger partial charge < -0.3 is 9.47 Å². The first kappa shape index (κ1) is 77.3. The number of thiophene rings is 10. The van der Waals surface area contributed by atoms with E-state index in [9.17, 15) is 9.59 Å². The Hall–Kier alpha value is -3.90. The summed E-state index contributed by atoms with van der Waals surface area (Å²) in [6, 6.07) is 22.3. The van der Waals surface area contributed by atoms with Gasteiger partial charge in [0.1, 0.15) is 23.3 Å². The third-order valence-corrected chi connectivity index (χ3v) is 28.9. The molecule has 0 radical (unpaired) electrons. The number of benzene rings is 2. The SMILES string of the molecule is CC(C)Cc1sc(-c2c3cc(C(C)(C)C)sc3c(-c3cc(F)c(CC(C)C)s3)c3cc(C(C)(C)C)sc23)cc1F.CCOC(=O)c1cc(Br)sc1Br.CCOC(C)=O.Cc1ccc(-c2cc3c(-c4cc(F)c(CC(C)C)s4)c4sc(C)cc4c(-c4cc(F)c(CC(C)C)s4)c3s2)s1. The summed E-state index contributed by atoms with van der Waals surface area (Å²) in [6.45, 7) is 40.7. The minimum absolute atomic E-state index is 0.0325. The standard InChI is InChI=1S/C34H40F2S4.C32H30F2S5.C7H6Br2O2S.C4H8O2/c1-17(2)11-23-21(35)15-25(37-23)29-19-13-27(33(5,6)7)40-32(19)30(20-14-28(34(8,9)10)39-31(20)29)26-16-22(36)24(38-26)12-18(3)4;1-15(2)9-24-21(33)13-27(37-24)29-19-11-18(6)36-31(19)30(28-14-22(34)25(38-28)10-16(3)4)20-12-26(39-32(20)29)23-8-7-17(5)35-23;1-2-11-7(10)4-3-5(8)12-6(4)9;1-3-6-4(2)5/h13-18H,11-12H2,1-10H3;7-8,11-16H,9-10H2,1-6H3;3H,2H2,1H3;3H2,1-2H3. The van der Waals surface area contributed by atoms with Crippen molar-refractivity contribution in [3.8, 4) is 51.5 Å². The molecule has 518 valence electrons. The van der Waals surface area contributed by atoms with Gasteiger partial charge in [0.2, 0.25) is 0 Å². The molecule has 0 aliphatic heterocycles. The van der Waals surface area contributed by atoms with Crippen molar-refractivity contribution in [2.24, 2.45) is 23.7 Å². The van der Waals surface area contributed by atoms with Gasteiger partial charge >= 0.3 is 11.9 Å². The van der Waals surface area contributed by atoms with Crippen LogP contribution in [0.25, 0.3) is 91.9 Å². The minimum atomic E-state index is -0.286. The molecule has 0 saturated heterocycles. The first-order chi connectivity index (χ1) is 45.5. The fourth-order valence-electron chi connectivity index (χ4n) is 11.1. The maximum absolute atomic E-state index is 15.3. The lowest BCUT2D eigenvalue weighted by atomic mass is 9.92. The summed E-state index contributed by atoms with van der Waals surface area (Å²) in [5.41, 5.74) is 5.03. The van der Waals surface area contributed by atoms with Gasteiger partial charge in [-0.15, -0.1) is 113 Å². The maximum atomic E-state index is 15.3. The minimum Gasteiger partial charge on any atom is -0.466 e. The number of fused-ring (bicyclic) bond motifs is 4. The number of hydrogen-bond donors (Lipinski definition) is 0. The number of aryl methyl sites for hydroxylation is 2. The number of halogens is 6. The lowest BCUT2D eigenvalue weighted by molar-refractivity contribution is -0.140. The lowest BCUT2D eigenvalue weighted by Crippen LogP contribution is -2.07. The Morgan fingerprint density at radius 2 is 0.784 bits per heavy atom. The molecule has 4 nitrogen and oxygen atoms in total. The zero-order valence-corrected chi connectivity index (χ0v) is 69.7. The van der Waals surface area contributed by atoms with Crippen molar-refractivity contribution in [2.75, 3.05) is 13.2 Å². The molecule has 20 heteroatoms. The van der Waals surface area contributed by atoms with Gasteiger partial charge in [-0.25, -0.2) is 22.4 Å². The fourth-order valence-corrected chi connectivity index (χ4v) is 25.3. The van der Waals surface area contributed by atoms with E-state index in [0.717, 1.165) is 121 Å². The lowest BCUT2D eigenvalue weighted by Gasteiger charge is -2.15. The summed E-state index contributed by atoms with van der Waals surface area (Å²) >= 11 is 23.3. The van der Waals surface area contributed by atoms with Gasteiger partial charge in [0.25, 0.3) is 0 Å². The van der Waals surface area contributed by atoms with Gasteiger partial charge in [0.05, 0.1) is 26.4 Å². The van der Waals surface area contributed by atoms with E-state index in [1.807, 2.05) is 22.7 Å². The second-order valence-corrected chi connectivity index (χ2v) is 41.9. The second kappa shape index (κ2) is 32.2. The third-order valence-electron chi connectivity index (χ3n) is 15.4. The number of rotatable bonds is 16. The number of hydrogen-bond acceptors (Lipinski definition) is 14. The number of carbonyl (C=O) groups excluding carboxylic acids is 2. The van der Waals surface area contributed by atoms with Crippen molar-refractivity contribution in [3.05, 3.63) is 142 Å². The highest BCUT2D eigenvalue weighted by molar-refractivity contribution is 9.12. The van der Waals surface area contributed by atoms with Crippen LogP contribution in [-0.4, -0.2) is 25.2 Å². The van der Waals surface area contributed by atoms with Gasteiger partial charge in [0, 0.05) is 138 Å². The van der Waals surface area contributed by atoms with E-state index >= 15 is 17.6 Å². The smallest absolute Gasteiger partial charge is 0.340 e. The predicted molar refractivity (Wildman–Crippen MR) is 430 cm³/mol. The van der Waals surface area contributed by atoms with Gasteiger partial charge in [-0.2, -0.15) is 0 Å². The molecule has 0 aliphatic carbocycles. The largest absolute Gasteiger partial charge is 0.466 e. The van der Waals surface area contributed by atoms with Crippen molar-refractivity contribution >= 4 is 198 Å².